The molecule has 1 N–H and O–H groups in total. The SMILES string of the molecule is CCOC(=O)c1cc(-c2ccc([N+](=O)[O-])cc2)c(C(=O)OC)c(O)c1C. The molecule has 0 unspecified atom stereocenters. The smallest absolute Gasteiger partial charge is 0.342 e. The van der Waals surface area contributed by atoms with Crippen LogP contribution in [0.4, 0.5) is 5.69 Å². The van der Waals surface area contributed by atoms with Crippen molar-refractivity contribution in [3.05, 3.63) is 57.1 Å². The summed E-state index contributed by atoms with van der Waals surface area (Å²) in [5.74, 6) is -1.86. The molecule has 0 radical (unpaired) electrons. The Labute approximate surface area is 149 Å². The fourth-order valence-electron chi connectivity index (χ4n) is 2.49. The van der Waals surface area contributed by atoms with E-state index < -0.39 is 22.6 Å². The van der Waals surface area contributed by atoms with Crippen molar-refractivity contribution in [1.82, 2.24) is 0 Å². The molecule has 0 saturated carbocycles. The average molecular weight is 359 g/mol. The Morgan fingerprint density at radius 3 is 2.31 bits per heavy atom. The summed E-state index contributed by atoms with van der Waals surface area (Å²) >= 11 is 0. The molecule has 0 aliphatic carbocycles. The number of nitro benzene ring substituents is 1. The normalized spacial score (nSPS) is 10.3. The molecule has 0 fully saturated rings. The van der Waals surface area contributed by atoms with E-state index in [-0.39, 0.29) is 34.5 Å². The number of nitrogens with zero attached hydrogens (tertiary/aromatic N) is 1. The first kappa shape index (κ1) is 18.9. The number of aromatic hydroxyl groups is 1. The van der Waals surface area contributed by atoms with E-state index in [9.17, 15) is 24.8 Å². The van der Waals surface area contributed by atoms with Crippen LogP contribution < -0.4 is 0 Å². The van der Waals surface area contributed by atoms with Crippen LogP contribution in [-0.4, -0.2) is 35.7 Å². The highest BCUT2D eigenvalue weighted by Gasteiger charge is 2.25. The monoisotopic (exact) mass is 359 g/mol. The number of methoxy groups -OCH3 is 1. The van der Waals surface area contributed by atoms with Gasteiger partial charge in [-0.1, -0.05) is 0 Å². The van der Waals surface area contributed by atoms with Crippen molar-refractivity contribution >= 4 is 17.6 Å². The van der Waals surface area contributed by atoms with Gasteiger partial charge < -0.3 is 14.6 Å². The Morgan fingerprint density at radius 1 is 1.19 bits per heavy atom. The summed E-state index contributed by atoms with van der Waals surface area (Å²) in [4.78, 5) is 34.6. The lowest BCUT2D eigenvalue weighted by atomic mass is 9.92. The number of non-ortho nitro benzene ring substituents is 1. The number of rotatable bonds is 5. The molecule has 136 valence electrons. The van der Waals surface area contributed by atoms with Crippen LogP contribution in [0, 0.1) is 17.0 Å². The van der Waals surface area contributed by atoms with Gasteiger partial charge in [0, 0.05) is 23.3 Å². The molecule has 2 aromatic carbocycles. The summed E-state index contributed by atoms with van der Waals surface area (Å²) in [7, 11) is 1.16. The second kappa shape index (κ2) is 7.64. The zero-order chi connectivity index (χ0) is 19.4. The molecule has 0 amide bonds. The van der Waals surface area contributed by atoms with E-state index in [1.54, 1.807) is 6.92 Å². The Hall–Kier alpha value is -3.42. The van der Waals surface area contributed by atoms with Gasteiger partial charge in [0.05, 0.1) is 24.2 Å². The first-order valence-electron chi connectivity index (χ1n) is 7.68. The van der Waals surface area contributed by atoms with Gasteiger partial charge in [0.15, 0.2) is 0 Å². The number of esters is 2. The van der Waals surface area contributed by atoms with Crippen molar-refractivity contribution in [2.75, 3.05) is 13.7 Å². The molecule has 0 heterocycles. The second-order valence-corrected chi connectivity index (χ2v) is 5.34. The molecule has 8 nitrogen and oxygen atoms in total. The third-order valence-electron chi connectivity index (χ3n) is 3.83. The van der Waals surface area contributed by atoms with Gasteiger partial charge in [-0.3, -0.25) is 10.1 Å². The van der Waals surface area contributed by atoms with Crippen molar-refractivity contribution in [2.45, 2.75) is 13.8 Å². The summed E-state index contributed by atoms with van der Waals surface area (Å²) in [6, 6.07) is 6.77. The number of phenolic OH excluding ortho intramolecular Hbond substituents is 1. The highest BCUT2D eigenvalue weighted by Crippen LogP contribution is 2.36. The van der Waals surface area contributed by atoms with E-state index in [0.29, 0.717) is 5.56 Å². The number of ether oxygens (including phenoxy) is 2. The topological polar surface area (TPSA) is 116 Å². The van der Waals surface area contributed by atoms with Crippen molar-refractivity contribution in [2.24, 2.45) is 0 Å². The number of carbonyl (C=O) groups excluding carboxylic acids is 2. The number of hydrogen-bond donors (Lipinski definition) is 1. The highest BCUT2D eigenvalue weighted by atomic mass is 16.6. The van der Waals surface area contributed by atoms with Crippen LogP contribution in [0.15, 0.2) is 30.3 Å². The van der Waals surface area contributed by atoms with E-state index in [1.165, 1.54) is 37.3 Å². The van der Waals surface area contributed by atoms with Crippen LogP contribution in [0.3, 0.4) is 0 Å². The predicted molar refractivity (Wildman–Crippen MR) is 92.2 cm³/mol. The summed E-state index contributed by atoms with van der Waals surface area (Å²) in [5, 5.41) is 21.3. The molecule has 2 rings (SSSR count). The highest BCUT2D eigenvalue weighted by molar-refractivity contribution is 6.04. The maximum absolute atomic E-state index is 12.2. The Bertz CT molecular complexity index is 872. The molecule has 0 saturated heterocycles. The number of phenols is 1. The molecular weight excluding hydrogens is 342 g/mol. The quantitative estimate of drug-likeness (QED) is 0.495. The minimum Gasteiger partial charge on any atom is -0.507 e. The van der Waals surface area contributed by atoms with Crippen LogP contribution in [-0.2, 0) is 9.47 Å². The van der Waals surface area contributed by atoms with E-state index in [0.717, 1.165) is 7.11 Å². The van der Waals surface area contributed by atoms with Crippen molar-refractivity contribution < 1.29 is 29.1 Å². The Balaban J connectivity index is 2.73. The van der Waals surface area contributed by atoms with Gasteiger partial charge in [-0.05, 0) is 37.6 Å². The van der Waals surface area contributed by atoms with Gasteiger partial charge in [0.25, 0.3) is 5.69 Å². The minimum atomic E-state index is -0.797. The number of carbonyl (C=O) groups is 2. The second-order valence-electron chi connectivity index (χ2n) is 5.34. The van der Waals surface area contributed by atoms with E-state index >= 15 is 0 Å². The maximum atomic E-state index is 12.2. The third kappa shape index (κ3) is 3.49. The van der Waals surface area contributed by atoms with Gasteiger partial charge >= 0.3 is 11.9 Å². The number of benzene rings is 2. The lowest BCUT2D eigenvalue weighted by Gasteiger charge is -2.15. The molecule has 0 aromatic heterocycles. The standard InChI is InChI=1S/C18H17NO7/c1-4-26-17(21)13-9-14(11-5-7-12(8-6-11)19(23)24)15(18(22)25-3)16(20)10(13)2/h5-9,20H,4H2,1-3H3. The van der Waals surface area contributed by atoms with Crippen LogP contribution >= 0.6 is 0 Å². The van der Waals surface area contributed by atoms with Crippen LogP contribution in [0.2, 0.25) is 0 Å². The van der Waals surface area contributed by atoms with E-state index in [1.807, 2.05) is 0 Å². The zero-order valence-electron chi connectivity index (χ0n) is 14.4. The Kier molecular flexibility index (Phi) is 5.56. The van der Waals surface area contributed by atoms with Crippen LogP contribution in [0.25, 0.3) is 11.1 Å². The summed E-state index contributed by atoms with van der Waals surface area (Å²) in [5.41, 5.74) is 0.608. The van der Waals surface area contributed by atoms with Crippen LogP contribution in [0.5, 0.6) is 5.75 Å². The predicted octanol–water partition coefficient (Wildman–Crippen LogP) is 3.24. The molecule has 26 heavy (non-hydrogen) atoms. The maximum Gasteiger partial charge on any atom is 0.342 e. The summed E-state index contributed by atoms with van der Waals surface area (Å²) in [6.45, 7) is 3.27. The Morgan fingerprint density at radius 2 is 1.81 bits per heavy atom. The van der Waals surface area contributed by atoms with E-state index in [2.05, 4.69) is 0 Å². The van der Waals surface area contributed by atoms with Crippen molar-refractivity contribution in [3.63, 3.8) is 0 Å². The van der Waals surface area contributed by atoms with Gasteiger partial charge in [-0.15, -0.1) is 0 Å². The third-order valence-corrected chi connectivity index (χ3v) is 3.83. The molecule has 0 atom stereocenters. The fourth-order valence-corrected chi connectivity index (χ4v) is 2.49. The van der Waals surface area contributed by atoms with Gasteiger partial charge in [-0.2, -0.15) is 0 Å². The average Bonchev–Trinajstić information content (AvgIpc) is 2.63. The summed E-state index contributed by atoms with van der Waals surface area (Å²) < 4.78 is 9.70. The van der Waals surface area contributed by atoms with Gasteiger partial charge in [-0.25, -0.2) is 9.59 Å². The van der Waals surface area contributed by atoms with Crippen molar-refractivity contribution in [3.8, 4) is 16.9 Å². The molecule has 0 aliphatic rings. The first-order chi connectivity index (χ1) is 12.3. The lowest BCUT2D eigenvalue weighted by molar-refractivity contribution is -0.384. The van der Waals surface area contributed by atoms with Crippen LogP contribution in [0.1, 0.15) is 33.2 Å². The van der Waals surface area contributed by atoms with Crippen molar-refractivity contribution in [1.29, 1.82) is 0 Å². The lowest BCUT2D eigenvalue weighted by Crippen LogP contribution is -2.11. The molecule has 8 heteroatoms. The zero-order valence-corrected chi connectivity index (χ0v) is 14.4. The molecule has 2 aromatic rings. The largest absolute Gasteiger partial charge is 0.507 e. The molecule has 0 bridgehead atoms. The summed E-state index contributed by atoms with van der Waals surface area (Å²) in [6.07, 6.45) is 0. The molecular formula is C18H17NO7. The van der Waals surface area contributed by atoms with Gasteiger partial charge in [0.2, 0.25) is 0 Å². The fraction of sp³-hybridized carbons (Fsp3) is 0.222. The first-order valence-corrected chi connectivity index (χ1v) is 7.68. The molecule has 0 aliphatic heterocycles. The van der Waals surface area contributed by atoms with Gasteiger partial charge in [0.1, 0.15) is 11.3 Å². The minimum absolute atomic E-state index is 0.0883. The number of nitro groups is 1. The number of hydrogen-bond acceptors (Lipinski definition) is 7. The molecule has 0 spiro atoms. The van der Waals surface area contributed by atoms with E-state index in [4.69, 9.17) is 9.47 Å².